The van der Waals surface area contributed by atoms with Gasteiger partial charge in [-0.1, -0.05) is 30.3 Å². The first-order valence-electron chi connectivity index (χ1n) is 7.18. The van der Waals surface area contributed by atoms with Crippen molar-refractivity contribution in [2.24, 2.45) is 5.92 Å². The van der Waals surface area contributed by atoms with Crippen LogP contribution in [0.15, 0.2) is 30.3 Å². The minimum absolute atomic E-state index is 0.273. The smallest absolute Gasteiger partial charge is 0.232 e. The van der Waals surface area contributed by atoms with Gasteiger partial charge in [0.05, 0.1) is 5.41 Å². The zero-order valence-electron chi connectivity index (χ0n) is 11.7. The van der Waals surface area contributed by atoms with E-state index in [9.17, 15) is 4.79 Å². The van der Waals surface area contributed by atoms with Crippen molar-refractivity contribution in [2.45, 2.75) is 31.7 Å². The summed E-state index contributed by atoms with van der Waals surface area (Å²) >= 11 is 0. The summed E-state index contributed by atoms with van der Waals surface area (Å²) in [6.07, 6.45) is 1.15. The second-order valence-electron chi connectivity index (χ2n) is 6.26. The highest BCUT2D eigenvalue weighted by Gasteiger charge is 2.44. The number of fused-ring (bicyclic) bond motifs is 1. The molecule has 3 nitrogen and oxygen atoms in total. The van der Waals surface area contributed by atoms with Crippen LogP contribution in [-0.2, 0) is 10.2 Å². The summed E-state index contributed by atoms with van der Waals surface area (Å²) in [6, 6.07) is 10.5. The highest BCUT2D eigenvalue weighted by Crippen LogP contribution is 2.33. The fourth-order valence-electron chi connectivity index (χ4n) is 3.44. The maximum atomic E-state index is 12.9. The first-order chi connectivity index (χ1) is 9.10. The van der Waals surface area contributed by atoms with Crippen LogP contribution in [0, 0.1) is 5.92 Å². The maximum absolute atomic E-state index is 12.9. The fourth-order valence-corrected chi connectivity index (χ4v) is 3.44. The van der Waals surface area contributed by atoms with Gasteiger partial charge in [-0.15, -0.1) is 0 Å². The van der Waals surface area contributed by atoms with Gasteiger partial charge in [0.25, 0.3) is 0 Å². The SMILES string of the molecule is CC(C)(C(=O)N1CC[C@H]2CNC[C@H]21)c1ccccc1. The molecule has 3 rings (SSSR count). The second kappa shape index (κ2) is 4.64. The third-order valence-electron chi connectivity index (χ3n) is 4.74. The van der Waals surface area contributed by atoms with Gasteiger partial charge in [0.2, 0.25) is 5.91 Å². The number of nitrogens with one attached hydrogen (secondary N) is 1. The van der Waals surface area contributed by atoms with Gasteiger partial charge < -0.3 is 10.2 Å². The average Bonchev–Trinajstić information content (AvgIpc) is 3.01. The number of likely N-dealkylation sites (tertiary alicyclic amines) is 1. The molecule has 2 saturated heterocycles. The first-order valence-corrected chi connectivity index (χ1v) is 7.18. The molecule has 0 unspecified atom stereocenters. The lowest BCUT2D eigenvalue weighted by molar-refractivity contribution is -0.137. The number of carbonyl (C=O) groups excluding carboxylic acids is 1. The Morgan fingerprint density at radius 3 is 2.74 bits per heavy atom. The Morgan fingerprint density at radius 2 is 2.00 bits per heavy atom. The van der Waals surface area contributed by atoms with E-state index in [0.717, 1.165) is 31.6 Å². The summed E-state index contributed by atoms with van der Waals surface area (Å²) in [6.45, 7) is 7.04. The Morgan fingerprint density at radius 1 is 1.26 bits per heavy atom. The summed E-state index contributed by atoms with van der Waals surface area (Å²) in [4.78, 5) is 15.0. The Kier molecular flexibility index (Phi) is 3.09. The van der Waals surface area contributed by atoms with Gasteiger partial charge in [0, 0.05) is 25.7 Å². The van der Waals surface area contributed by atoms with Crippen LogP contribution in [0.4, 0.5) is 0 Å². The first kappa shape index (κ1) is 12.7. The molecule has 19 heavy (non-hydrogen) atoms. The normalized spacial score (nSPS) is 26.5. The van der Waals surface area contributed by atoms with Crippen molar-refractivity contribution in [3.63, 3.8) is 0 Å². The Labute approximate surface area is 115 Å². The molecule has 1 aromatic carbocycles. The molecule has 1 amide bonds. The van der Waals surface area contributed by atoms with Crippen LogP contribution in [0.1, 0.15) is 25.8 Å². The number of hydrogen-bond donors (Lipinski definition) is 1. The monoisotopic (exact) mass is 258 g/mol. The van der Waals surface area contributed by atoms with E-state index in [4.69, 9.17) is 0 Å². The lowest BCUT2D eigenvalue weighted by atomic mass is 9.83. The largest absolute Gasteiger partial charge is 0.337 e. The summed E-state index contributed by atoms with van der Waals surface area (Å²) < 4.78 is 0. The molecule has 2 heterocycles. The van der Waals surface area contributed by atoms with E-state index in [2.05, 4.69) is 22.3 Å². The van der Waals surface area contributed by atoms with Crippen LogP contribution < -0.4 is 5.32 Å². The van der Waals surface area contributed by atoms with Gasteiger partial charge in [-0.2, -0.15) is 0 Å². The Hall–Kier alpha value is -1.35. The third-order valence-corrected chi connectivity index (χ3v) is 4.74. The number of carbonyl (C=O) groups is 1. The average molecular weight is 258 g/mol. The molecule has 2 fully saturated rings. The summed E-state index contributed by atoms with van der Waals surface area (Å²) in [5.41, 5.74) is 0.674. The molecule has 0 aromatic heterocycles. The van der Waals surface area contributed by atoms with Crippen LogP contribution in [0.25, 0.3) is 0 Å². The Balaban J connectivity index is 1.83. The van der Waals surface area contributed by atoms with Crippen molar-refractivity contribution in [1.82, 2.24) is 10.2 Å². The van der Waals surface area contributed by atoms with Crippen LogP contribution in [0.3, 0.4) is 0 Å². The van der Waals surface area contributed by atoms with Crippen LogP contribution in [0.2, 0.25) is 0 Å². The highest BCUT2D eigenvalue weighted by molar-refractivity contribution is 5.88. The molecule has 1 aromatic rings. The van der Waals surface area contributed by atoms with E-state index in [0.29, 0.717) is 12.0 Å². The predicted molar refractivity (Wildman–Crippen MR) is 75.9 cm³/mol. The maximum Gasteiger partial charge on any atom is 0.232 e. The zero-order chi connectivity index (χ0) is 13.5. The van der Waals surface area contributed by atoms with Crippen molar-refractivity contribution in [2.75, 3.05) is 19.6 Å². The van der Waals surface area contributed by atoms with Crippen molar-refractivity contribution in [3.8, 4) is 0 Å². The highest BCUT2D eigenvalue weighted by atomic mass is 16.2. The molecule has 0 radical (unpaired) electrons. The van der Waals surface area contributed by atoms with E-state index < -0.39 is 5.41 Å². The van der Waals surface area contributed by atoms with E-state index >= 15 is 0 Å². The zero-order valence-corrected chi connectivity index (χ0v) is 11.7. The van der Waals surface area contributed by atoms with Gasteiger partial charge in [-0.05, 0) is 31.7 Å². The minimum atomic E-state index is -0.432. The third kappa shape index (κ3) is 2.06. The molecule has 102 valence electrons. The standard InChI is InChI=1S/C16H22N2O/c1-16(2,13-6-4-3-5-7-13)15(19)18-9-8-12-10-17-11-14(12)18/h3-7,12,14,17H,8-11H2,1-2H3/t12-,14+/m0/s1. The second-order valence-corrected chi connectivity index (χ2v) is 6.26. The molecule has 2 aliphatic heterocycles. The predicted octanol–water partition coefficient (Wildman–Crippen LogP) is 1.78. The lowest BCUT2D eigenvalue weighted by Crippen LogP contribution is -2.47. The molecular weight excluding hydrogens is 236 g/mol. The van der Waals surface area contributed by atoms with Crippen molar-refractivity contribution in [1.29, 1.82) is 0 Å². The molecule has 3 heteroatoms. The molecule has 0 bridgehead atoms. The van der Waals surface area contributed by atoms with Crippen molar-refractivity contribution >= 4 is 5.91 Å². The topological polar surface area (TPSA) is 32.3 Å². The number of benzene rings is 1. The number of nitrogens with zero attached hydrogens (tertiary/aromatic N) is 1. The molecule has 0 aliphatic carbocycles. The van der Waals surface area contributed by atoms with Gasteiger partial charge >= 0.3 is 0 Å². The van der Waals surface area contributed by atoms with Crippen LogP contribution in [0.5, 0.6) is 0 Å². The number of amides is 1. The van der Waals surface area contributed by atoms with E-state index in [-0.39, 0.29) is 5.91 Å². The molecule has 2 atom stereocenters. The molecule has 0 saturated carbocycles. The lowest BCUT2D eigenvalue weighted by Gasteiger charge is -2.33. The van der Waals surface area contributed by atoms with Gasteiger partial charge in [0.15, 0.2) is 0 Å². The van der Waals surface area contributed by atoms with Crippen LogP contribution in [-0.4, -0.2) is 36.5 Å². The fraction of sp³-hybridized carbons (Fsp3) is 0.562. The quantitative estimate of drug-likeness (QED) is 0.877. The van der Waals surface area contributed by atoms with E-state index in [1.165, 1.54) is 0 Å². The summed E-state index contributed by atoms with van der Waals surface area (Å²) in [5.74, 6) is 0.936. The van der Waals surface area contributed by atoms with Gasteiger partial charge in [0.1, 0.15) is 0 Å². The number of hydrogen-bond acceptors (Lipinski definition) is 2. The summed E-state index contributed by atoms with van der Waals surface area (Å²) in [5, 5.41) is 3.41. The van der Waals surface area contributed by atoms with Crippen LogP contribution >= 0.6 is 0 Å². The summed E-state index contributed by atoms with van der Waals surface area (Å²) in [7, 11) is 0. The molecular formula is C16H22N2O. The van der Waals surface area contributed by atoms with Gasteiger partial charge in [-0.3, -0.25) is 4.79 Å². The Bertz CT molecular complexity index is 469. The number of rotatable bonds is 2. The van der Waals surface area contributed by atoms with Crippen molar-refractivity contribution in [3.05, 3.63) is 35.9 Å². The molecule has 1 N–H and O–H groups in total. The van der Waals surface area contributed by atoms with E-state index in [1.54, 1.807) is 0 Å². The minimum Gasteiger partial charge on any atom is -0.337 e. The van der Waals surface area contributed by atoms with E-state index in [1.807, 2.05) is 32.0 Å². The van der Waals surface area contributed by atoms with Gasteiger partial charge in [-0.25, -0.2) is 0 Å². The van der Waals surface area contributed by atoms with Crippen molar-refractivity contribution < 1.29 is 4.79 Å². The molecule has 2 aliphatic rings. The molecule has 0 spiro atoms.